The van der Waals surface area contributed by atoms with Gasteiger partial charge in [-0.1, -0.05) is 51.9 Å². The number of quaternary nitrogens is 1. The highest BCUT2D eigenvalue weighted by atomic mass is 33.1. The quantitative estimate of drug-likeness (QED) is 0.329. The first-order valence-electron chi connectivity index (χ1n) is 8.09. The van der Waals surface area contributed by atoms with Gasteiger partial charge in [0.05, 0.1) is 32.7 Å². The topological polar surface area (TPSA) is 116 Å². The third-order valence-corrected chi connectivity index (χ3v) is 5.84. The number of nitrogens with two attached hydrogens (primary N) is 1. The highest BCUT2D eigenvalue weighted by molar-refractivity contribution is 8.76. The lowest BCUT2D eigenvalue weighted by Gasteiger charge is -2.20. The van der Waals surface area contributed by atoms with Gasteiger partial charge in [0.1, 0.15) is 0 Å². The zero-order valence-corrected chi connectivity index (χ0v) is 17.7. The van der Waals surface area contributed by atoms with Gasteiger partial charge < -0.3 is 20.7 Å². The number of carboxylic acid groups (broad SMARTS) is 2. The van der Waals surface area contributed by atoms with E-state index in [0.717, 1.165) is 0 Å². The van der Waals surface area contributed by atoms with E-state index in [1.807, 2.05) is 21.1 Å². The molecule has 2 aromatic carbocycles. The summed E-state index contributed by atoms with van der Waals surface area (Å²) in [6.07, 6.45) is 0. The Kier molecular flexibility index (Phi) is 9.04. The Balaban J connectivity index is 0.000000416. The van der Waals surface area contributed by atoms with Crippen molar-refractivity contribution in [2.75, 3.05) is 28.2 Å². The standard InChI is InChI=1S/C14H10O4S2.C5H14N3/c15-13(16)9-5-1-3-7-11(9)19-20-12-8-4-2-6-10(12)14(17)18;1-7-5(6)8(2,3)4/h1-8H,(H,15,16)(H,17,18);1-4H3,(H2,6,7)/q;+1/p-1. The molecule has 0 fully saturated rings. The van der Waals surface area contributed by atoms with Crippen LogP contribution in [0.25, 0.3) is 0 Å². The molecule has 0 radical (unpaired) electrons. The summed E-state index contributed by atoms with van der Waals surface area (Å²) in [4.78, 5) is 27.0. The molecule has 0 atom stereocenters. The summed E-state index contributed by atoms with van der Waals surface area (Å²) in [5.74, 6) is -1.62. The lowest BCUT2D eigenvalue weighted by atomic mass is 10.2. The average Bonchev–Trinajstić information content (AvgIpc) is 2.65. The Hall–Kier alpha value is -2.49. The fourth-order valence-electron chi connectivity index (χ4n) is 1.81. The van der Waals surface area contributed by atoms with Crippen molar-refractivity contribution in [3.8, 4) is 0 Å². The van der Waals surface area contributed by atoms with Gasteiger partial charge in [-0.2, -0.15) is 0 Å². The van der Waals surface area contributed by atoms with Gasteiger partial charge in [0.2, 0.25) is 0 Å². The highest BCUT2D eigenvalue weighted by Gasteiger charge is 2.12. The molecule has 7 nitrogen and oxygen atoms in total. The van der Waals surface area contributed by atoms with Gasteiger partial charge >= 0.3 is 5.97 Å². The smallest absolute Gasteiger partial charge is 0.336 e. The lowest BCUT2D eigenvalue weighted by Crippen LogP contribution is -2.46. The van der Waals surface area contributed by atoms with Gasteiger partial charge in [-0.25, -0.2) is 9.79 Å². The van der Waals surface area contributed by atoms with Crippen molar-refractivity contribution in [3.63, 3.8) is 0 Å². The third-order valence-electron chi connectivity index (χ3n) is 3.36. The summed E-state index contributed by atoms with van der Waals surface area (Å²) in [5, 5.41) is 20.1. The maximum atomic E-state index is 11.1. The SMILES string of the molecule is CN=C(N)[N+](C)(C)C.O=C([O-])c1ccccc1SSc1ccccc1C(=O)O. The number of hydrogen-bond donors (Lipinski definition) is 2. The Morgan fingerprint density at radius 1 is 0.964 bits per heavy atom. The molecule has 0 saturated carbocycles. The summed E-state index contributed by atoms with van der Waals surface area (Å²) >= 11 is 0. The highest BCUT2D eigenvalue weighted by Crippen LogP contribution is 2.40. The van der Waals surface area contributed by atoms with Crippen LogP contribution in [0.15, 0.2) is 63.3 Å². The normalized spacial score (nSPS) is 11.4. The minimum absolute atomic E-state index is 0.0952. The largest absolute Gasteiger partial charge is 0.545 e. The van der Waals surface area contributed by atoms with Gasteiger partial charge in [0, 0.05) is 22.4 Å². The molecular weight excluding hydrogens is 398 g/mol. The van der Waals surface area contributed by atoms with E-state index in [1.54, 1.807) is 43.4 Å². The van der Waals surface area contributed by atoms with Gasteiger partial charge in [-0.05, 0) is 18.2 Å². The first kappa shape index (κ1) is 23.5. The van der Waals surface area contributed by atoms with Crippen molar-refractivity contribution in [1.82, 2.24) is 0 Å². The van der Waals surface area contributed by atoms with Gasteiger partial charge in [0.25, 0.3) is 5.96 Å². The predicted molar refractivity (Wildman–Crippen MR) is 111 cm³/mol. The van der Waals surface area contributed by atoms with E-state index >= 15 is 0 Å². The first-order valence-corrected chi connectivity index (χ1v) is 10.2. The number of carbonyl (C=O) groups excluding carboxylic acids is 1. The van der Waals surface area contributed by atoms with E-state index in [2.05, 4.69) is 4.99 Å². The molecule has 0 unspecified atom stereocenters. The molecule has 0 aliphatic rings. The molecule has 28 heavy (non-hydrogen) atoms. The second-order valence-corrected chi connectivity index (χ2v) is 8.56. The number of rotatable bonds is 5. The molecule has 0 bridgehead atoms. The molecule has 150 valence electrons. The van der Waals surface area contributed by atoms with Gasteiger partial charge in [-0.15, -0.1) is 0 Å². The zero-order valence-electron chi connectivity index (χ0n) is 16.1. The summed E-state index contributed by atoms with van der Waals surface area (Å²) in [5.41, 5.74) is 5.76. The summed E-state index contributed by atoms with van der Waals surface area (Å²) in [7, 11) is 10.0. The van der Waals surface area contributed by atoms with E-state index in [4.69, 9.17) is 10.8 Å². The van der Waals surface area contributed by atoms with Crippen molar-refractivity contribution in [3.05, 3.63) is 59.7 Å². The number of aromatic carboxylic acids is 2. The van der Waals surface area contributed by atoms with Gasteiger partial charge in [-0.3, -0.25) is 4.48 Å². The number of guanidine groups is 1. The number of aliphatic imine (C=N–C) groups is 1. The summed E-state index contributed by atoms with van der Waals surface area (Å²) < 4.78 is 0.608. The molecule has 2 rings (SSSR count). The van der Waals surface area contributed by atoms with Crippen molar-refractivity contribution < 1.29 is 24.3 Å². The van der Waals surface area contributed by atoms with E-state index < -0.39 is 11.9 Å². The fourth-order valence-corrected chi connectivity index (χ4v) is 4.16. The van der Waals surface area contributed by atoms with Gasteiger partial charge in [0.15, 0.2) is 0 Å². The molecule has 0 heterocycles. The third kappa shape index (κ3) is 7.26. The second-order valence-electron chi connectivity index (χ2n) is 6.35. The predicted octanol–water partition coefficient (Wildman–Crippen LogP) is 2.18. The summed E-state index contributed by atoms with van der Waals surface area (Å²) in [6.45, 7) is 0. The maximum Gasteiger partial charge on any atom is 0.336 e. The van der Waals surface area contributed by atoms with Crippen LogP contribution in [0, 0.1) is 0 Å². The van der Waals surface area contributed by atoms with Crippen LogP contribution >= 0.6 is 21.6 Å². The fraction of sp³-hybridized carbons (Fsp3) is 0.211. The van der Waals surface area contributed by atoms with E-state index in [0.29, 0.717) is 20.2 Å². The number of benzene rings is 2. The monoisotopic (exact) mass is 421 g/mol. The van der Waals surface area contributed by atoms with Crippen LogP contribution in [0.3, 0.4) is 0 Å². The molecule has 0 spiro atoms. The molecule has 2 aromatic rings. The molecule has 9 heteroatoms. The molecule has 0 aliphatic heterocycles. The Morgan fingerprint density at radius 3 is 1.75 bits per heavy atom. The van der Waals surface area contributed by atoms with E-state index in [1.165, 1.54) is 33.7 Å². The number of carboxylic acids is 2. The van der Waals surface area contributed by atoms with Crippen LogP contribution in [0.2, 0.25) is 0 Å². The second kappa shape index (κ2) is 10.7. The Morgan fingerprint density at radius 2 is 1.39 bits per heavy atom. The minimum Gasteiger partial charge on any atom is -0.545 e. The molecular formula is C19H23N3O4S2. The van der Waals surface area contributed by atoms with Crippen LogP contribution in [0.4, 0.5) is 0 Å². The van der Waals surface area contributed by atoms with Crippen LogP contribution in [0.5, 0.6) is 0 Å². The summed E-state index contributed by atoms with van der Waals surface area (Å²) in [6, 6.07) is 13.0. The van der Waals surface area contributed by atoms with Crippen molar-refractivity contribution in [1.29, 1.82) is 0 Å². The van der Waals surface area contributed by atoms with Crippen molar-refractivity contribution >= 4 is 39.5 Å². The molecule has 0 saturated heterocycles. The molecule has 0 aliphatic carbocycles. The van der Waals surface area contributed by atoms with Crippen LogP contribution in [0.1, 0.15) is 20.7 Å². The van der Waals surface area contributed by atoms with E-state index in [9.17, 15) is 14.7 Å². The van der Waals surface area contributed by atoms with Crippen molar-refractivity contribution in [2.45, 2.75) is 9.79 Å². The zero-order chi connectivity index (χ0) is 21.3. The minimum atomic E-state index is -1.25. The van der Waals surface area contributed by atoms with Crippen LogP contribution in [-0.2, 0) is 0 Å². The van der Waals surface area contributed by atoms with Crippen molar-refractivity contribution in [2.24, 2.45) is 10.7 Å². The molecule has 0 amide bonds. The Labute approximate surface area is 172 Å². The van der Waals surface area contributed by atoms with Crippen LogP contribution < -0.4 is 10.8 Å². The van der Waals surface area contributed by atoms with Crippen LogP contribution in [-0.4, -0.2) is 55.7 Å². The Bertz CT molecular complexity index is 807. The number of hydrogen-bond acceptors (Lipinski definition) is 6. The lowest BCUT2D eigenvalue weighted by molar-refractivity contribution is -0.778. The molecule has 0 aromatic heterocycles. The first-order chi connectivity index (χ1) is 13.1. The maximum absolute atomic E-state index is 11.1. The number of nitrogens with zero attached hydrogens (tertiary/aromatic N) is 2. The molecule has 3 N–H and O–H groups in total. The number of carbonyl (C=O) groups is 2. The van der Waals surface area contributed by atoms with E-state index in [-0.39, 0.29) is 11.1 Å². The average molecular weight is 422 g/mol.